The van der Waals surface area contributed by atoms with Crippen LogP contribution in [0.2, 0.25) is 0 Å². The van der Waals surface area contributed by atoms with Crippen LogP contribution in [0, 0.1) is 0 Å². The number of phenols is 1. The largest absolute Gasteiger partial charge is 0.507 e. The molecular weight excluding hydrogens is 408 g/mol. The molecule has 0 aromatic heterocycles. The van der Waals surface area contributed by atoms with E-state index in [0.29, 0.717) is 11.5 Å². The van der Waals surface area contributed by atoms with E-state index in [1.54, 1.807) is 18.3 Å². The number of phenolic OH excluding ortho intramolecular Hbond substituents is 1. The van der Waals surface area contributed by atoms with Crippen LogP contribution >= 0.6 is 15.9 Å². The van der Waals surface area contributed by atoms with Gasteiger partial charge in [-0.2, -0.15) is 5.10 Å². The minimum absolute atomic E-state index is 0.122. The fourth-order valence-electron chi connectivity index (χ4n) is 2.55. The maximum absolute atomic E-state index is 11.9. The van der Waals surface area contributed by atoms with E-state index in [1.807, 2.05) is 52.0 Å². The van der Waals surface area contributed by atoms with E-state index in [0.717, 1.165) is 21.2 Å². The number of aromatic hydroxyl groups is 1. The van der Waals surface area contributed by atoms with Crippen molar-refractivity contribution < 1.29 is 14.6 Å². The molecule has 2 aromatic rings. The van der Waals surface area contributed by atoms with E-state index in [1.165, 1.54) is 0 Å². The van der Waals surface area contributed by atoms with Crippen LogP contribution in [0.25, 0.3) is 0 Å². The summed E-state index contributed by atoms with van der Waals surface area (Å²) in [5.74, 6) is 0.971. The molecule has 2 rings (SSSR count). The lowest BCUT2D eigenvalue weighted by atomic mass is 9.92. The van der Waals surface area contributed by atoms with Crippen LogP contribution in [-0.2, 0) is 4.79 Å². The minimum Gasteiger partial charge on any atom is -0.507 e. The lowest BCUT2D eigenvalue weighted by Gasteiger charge is -2.16. The molecule has 0 heterocycles. The number of halogens is 1. The van der Waals surface area contributed by atoms with Gasteiger partial charge in [0.05, 0.1) is 6.21 Å². The Morgan fingerprint density at radius 1 is 1.15 bits per heavy atom. The highest BCUT2D eigenvalue weighted by molar-refractivity contribution is 9.10. The second-order valence-corrected chi connectivity index (χ2v) is 7.81. The predicted molar refractivity (Wildman–Crippen MR) is 112 cm³/mol. The van der Waals surface area contributed by atoms with Crippen LogP contribution in [0.1, 0.15) is 56.2 Å². The lowest BCUT2D eigenvalue weighted by molar-refractivity contribution is -0.123. The Balaban J connectivity index is 2.00. The number of hydrogen-bond acceptors (Lipinski definition) is 4. The SMILES string of the molecule is CC(C)c1cc(/C=N\NC(=O)COc2ccc(Br)cc2)cc(C(C)C)c1O. The first-order valence-electron chi connectivity index (χ1n) is 8.85. The summed E-state index contributed by atoms with van der Waals surface area (Å²) in [6.45, 7) is 7.99. The van der Waals surface area contributed by atoms with E-state index in [-0.39, 0.29) is 24.3 Å². The standard InChI is InChI=1S/C21H25BrN2O3/c1-13(2)18-9-15(10-19(14(3)4)21(18)26)11-23-24-20(25)12-27-17-7-5-16(22)6-8-17/h5-11,13-14,26H,12H2,1-4H3,(H,24,25)/b23-11-. The van der Waals surface area contributed by atoms with E-state index >= 15 is 0 Å². The second-order valence-electron chi connectivity index (χ2n) is 6.89. The van der Waals surface area contributed by atoms with E-state index in [9.17, 15) is 9.90 Å². The number of hydrogen-bond donors (Lipinski definition) is 2. The summed E-state index contributed by atoms with van der Waals surface area (Å²) in [4.78, 5) is 11.9. The second kappa shape index (κ2) is 9.55. The normalized spacial score (nSPS) is 11.4. The lowest BCUT2D eigenvalue weighted by Crippen LogP contribution is -2.24. The van der Waals surface area contributed by atoms with Crippen LogP contribution < -0.4 is 10.2 Å². The predicted octanol–water partition coefficient (Wildman–Crippen LogP) is 4.93. The molecule has 0 radical (unpaired) electrons. The Bertz CT molecular complexity index is 786. The fourth-order valence-corrected chi connectivity index (χ4v) is 2.81. The molecule has 0 aliphatic carbocycles. The molecule has 0 aliphatic heterocycles. The monoisotopic (exact) mass is 432 g/mol. The van der Waals surface area contributed by atoms with Gasteiger partial charge < -0.3 is 9.84 Å². The van der Waals surface area contributed by atoms with Crippen molar-refractivity contribution in [2.24, 2.45) is 5.10 Å². The van der Waals surface area contributed by atoms with Crippen LogP contribution in [0.4, 0.5) is 0 Å². The number of amides is 1. The number of rotatable bonds is 7. The van der Waals surface area contributed by atoms with Crippen molar-refractivity contribution in [3.63, 3.8) is 0 Å². The van der Waals surface area contributed by atoms with Crippen molar-refractivity contribution in [3.8, 4) is 11.5 Å². The van der Waals surface area contributed by atoms with Gasteiger partial charge in [-0.15, -0.1) is 0 Å². The van der Waals surface area contributed by atoms with Crippen molar-refractivity contribution in [2.75, 3.05) is 6.61 Å². The van der Waals surface area contributed by atoms with Crippen LogP contribution in [-0.4, -0.2) is 23.8 Å². The minimum atomic E-state index is -0.346. The number of hydrazone groups is 1. The highest BCUT2D eigenvalue weighted by atomic mass is 79.9. The van der Waals surface area contributed by atoms with Gasteiger partial charge in [-0.1, -0.05) is 43.6 Å². The average Bonchev–Trinajstić information content (AvgIpc) is 2.62. The summed E-state index contributed by atoms with van der Waals surface area (Å²) in [7, 11) is 0. The molecule has 0 unspecified atom stereocenters. The Morgan fingerprint density at radius 2 is 1.70 bits per heavy atom. The number of nitrogens with zero attached hydrogens (tertiary/aromatic N) is 1. The molecule has 2 N–H and O–H groups in total. The van der Waals surface area contributed by atoms with Gasteiger partial charge in [-0.05, 0) is 64.9 Å². The van der Waals surface area contributed by atoms with Crippen LogP contribution in [0.3, 0.4) is 0 Å². The molecular formula is C21H25BrN2O3. The third-order valence-corrected chi connectivity index (χ3v) is 4.55. The van der Waals surface area contributed by atoms with Crippen molar-refractivity contribution in [1.29, 1.82) is 0 Å². The number of nitrogens with one attached hydrogen (secondary N) is 1. The Morgan fingerprint density at radius 3 is 2.22 bits per heavy atom. The quantitative estimate of drug-likeness (QED) is 0.481. The van der Waals surface area contributed by atoms with Crippen molar-refractivity contribution in [3.05, 3.63) is 57.6 Å². The van der Waals surface area contributed by atoms with E-state index < -0.39 is 0 Å². The highest BCUT2D eigenvalue weighted by Gasteiger charge is 2.14. The molecule has 1 amide bonds. The summed E-state index contributed by atoms with van der Waals surface area (Å²) in [6.07, 6.45) is 1.58. The summed E-state index contributed by atoms with van der Waals surface area (Å²) in [5.41, 5.74) is 5.02. The van der Waals surface area contributed by atoms with Crippen molar-refractivity contribution in [1.82, 2.24) is 5.43 Å². The Labute approximate surface area is 168 Å². The van der Waals surface area contributed by atoms with Gasteiger partial charge in [-0.3, -0.25) is 4.79 Å². The fraction of sp³-hybridized carbons (Fsp3) is 0.333. The van der Waals surface area contributed by atoms with Crippen molar-refractivity contribution in [2.45, 2.75) is 39.5 Å². The first kappa shape index (κ1) is 21.0. The Hall–Kier alpha value is -2.34. The summed E-state index contributed by atoms with van der Waals surface area (Å²) >= 11 is 3.34. The molecule has 5 nitrogen and oxygen atoms in total. The van der Waals surface area contributed by atoms with Gasteiger partial charge in [0, 0.05) is 4.47 Å². The topological polar surface area (TPSA) is 70.9 Å². The zero-order valence-corrected chi connectivity index (χ0v) is 17.6. The summed E-state index contributed by atoms with van der Waals surface area (Å²) < 4.78 is 6.35. The molecule has 0 atom stereocenters. The molecule has 0 saturated carbocycles. The van der Waals surface area contributed by atoms with Crippen molar-refractivity contribution >= 4 is 28.1 Å². The average molecular weight is 433 g/mol. The van der Waals surface area contributed by atoms with Gasteiger partial charge in [0.2, 0.25) is 0 Å². The first-order valence-corrected chi connectivity index (χ1v) is 9.64. The third-order valence-electron chi connectivity index (χ3n) is 4.02. The first-order chi connectivity index (χ1) is 12.8. The number of benzene rings is 2. The van der Waals surface area contributed by atoms with Gasteiger partial charge in [0.25, 0.3) is 5.91 Å². The van der Waals surface area contributed by atoms with E-state index in [2.05, 4.69) is 26.5 Å². The van der Waals surface area contributed by atoms with Gasteiger partial charge >= 0.3 is 0 Å². The zero-order chi connectivity index (χ0) is 20.0. The van der Waals surface area contributed by atoms with Crippen LogP contribution in [0.5, 0.6) is 11.5 Å². The smallest absolute Gasteiger partial charge is 0.277 e. The Kier molecular flexibility index (Phi) is 7.42. The molecule has 0 aliphatic rings. The number of carbonyl (C=O) groups excluding carboxylic acids is 1. The van der Waals surface area contributed by atoms with Gasteiger partial charge in [-0.25, -0.2) is 5.43 Å². The van der Waals surface area contributed by atoms with Gasteiger partial charge in [0.1, 0.15) is 11.5 Å². The molecule has 27 heavy (non-hydrogen) atoms. The highest BCUT2D eigenvalue weighted by Crippen LogP contribution is 2.34. The maximum atomic E-state index is 11.9. The molecule has 2 aromatic carbocycles. The molecule has 6 heteroatoms. The maximum Gasteiger partial charge on any atom is 0.277 e. The molecule has 144 valence electrons. The van der Waals surface area contributed by atoms with E-state index in [4.69, 9.17) is 4.74 Å². The zero-order valence-electron chi connectivity index (χ0n) is 16.0. The summed E-state index contributed by atoms with van der Waals surface area (Å²) in [5, 5.41) is 14.4. The van der Waals surface area contributed by atoms with Gasteiger partial charge in [0.15, 0.2) is 6.61 Å². The number of carbonyl (C=O) groups is 1. The summed E-state index contributed by atoms with van der Waals surface area (Å²) in [6, 6.07) is 11.0. The molecule has 0 saturated heterocycles. The van der Waals surface area contributed by atoms with Crippen LogP contribution in [0.15, 0.2) is 46.0 Å². The molecule has 0 fully saturated rings. The molecule has 0 bridgehead atoms. The number of ether oxygens (including phenoxy) is 1. The third kappa shape index (κ3) is 6.10. The molecule has 0 spiro atoms.